The summed E-state index contributed by atoms with van der Waals surface area (Å²) in [4.78, 5) is 24.0. The quantitative estimate of drug-likeness (QED) is 0.819. The molecule has 2 aliphatic rings. The molecule has 2 aliphatic carbocycles. The first kappa shape index (κ1) is 15.8. The Balaban J connectivity index is 1.73. The van der Waals surface area contributed by atoms with Crippen LogP contribution in [-0.4, -0.2) is 34.7 Å². The lowest BCUT2D eigenvalue weighted by Gasteiger charge is -2.24. The molecule has 1 unspecified atom stereocenters. The van der Waals surface area contributed by atoms with Crippen molar-refractivity contribution in [3.63, 3.8) is 0 Å². The number of hydrogen-bond acceptors (Lipinski definition) is 4. The average molecular weight is 331 g/mol. The molecule has 1 aromatic heterocycles. The van der Waals surface area contributed by atoms with E-state index in [1.54, 1.807) is 0 Å². The van der Waals surface area contributed by atoms with Gasteiger partial charge >= 0.3 is 12.1 Å². The van der Waals surface area contributed by atoms with Crippen molar-refractivity contribution in [3.05, 3.63) is 17.0 Å². The highest BCUT2D eigenvalue weighted by Crippen LogP contribution is 2.39. The summed E-state index contributed by atoms with van der Waals surface area (Å²) in [6, 6.07) is 0. The number of carbonyl (C=O) groups is 2. The number of H-pyrrole nitrogens is 1. The van der Waals surface area contributed by atoms with Crippen LogP contribution in [0.3, 0.4) is 0 Å². The Kier molecular flexibility index (Phi) is 3.61. The van der Waals surface area contributed by atoms with Gasteiger partial charge in [0.25, 0.3) is 0 Å². The minimum absolute atomic E-state index is 0.0379. The summed E-state index contributed by atoms with van der Waals surface area (Å²) in [6.45, 7) is 0. The highest BCUT2D eigenvalue weighted by Gasteiger charge is 2.53. The molecule has 1 heterocycles. The molecule has 9 heteroatoms. The molecule has 0 spiro atoms. The van der Waals surface area contributed by atoms with Gasteiger partial charge in [-0.15, -0.1) is 0 Å². The van der Waals surface area contributed by atoms with Crippen LogP contribution in [0.1, 0.15) is 36.2 Å². The summed E-state index contributed by atoms with van der Waals surface area (Å²) < 4.78 is 43.4. The third-order valence-corrected chi connectivity index (χ3v) is 4.47. The third kappa shape index (κ3) is 2.79. The van der Waals surface area contributed by atoms with Crippen molar-refractivity contribution < 1.29 is 27.5 Å². The zero-order chi connectivity index (χ0) is 16.8. The third-order valence-electron chi connectivity index (χ3n) is 4.47. The number of aromatic nitrogens is 2. The van der Waals surface area contributed by atoms with Crippen LogP contribution in [-0.2, 0) is 33.3 Å². The molecule has 1 saturated carbocycles. The molecular formula is C14H16F3N3O3. The maximum atomic E-state index is 12.9. The molecule has 6 nitrogen and oxygen atoms in total. The second kappa shape index (κ2) is 5.24. The monoisotopic (exact) mass is 331 g/mol. The average Bonchev–Trinajstić information content (AvgIpc) is 3.13. The molecule has 0 radical (unpaired) electrons. The molecule has 0 aliphatic heterocycles. The van der Waals surface area contributed by atoms with E-state index >= 15 is 0 Å². The molecular weight excluding hydrogens is 315 g/mol. The normalized spacial score (nSPS) is 22.2. The smallest absolute Gasteiger partial charge is 0.435 e. The minimum atomic E-state index is -4.55. The predicted molar refractivity (Wildman–Crippen MR) is 71.2 cm³/mol. The van der Waals surface area contributed by atoms with Gasteiger partial charge in [0.1, 0.15) is 5.54 Å². The number of ether oxygens (including phenoxy) is 1. The van der Waals surface area contributed by atoms with Crippen molar-refractivity contribution in [2.45, 2.75) is 43.8 Å². The first-order chi connectivity index (χ1) is 10.8. The van der Waals surface area contributed by atoms with Crippen LogP contribution in [0, 0.1) is 5.92 Å². The molecule has 1 aromatic rings. The second-order valence-electron chi connectivity index (χ2n) is 6.03. The summed E-state index contributed by atoms with van der Waals surface area (Å²) in [7, 11) is 1.24. The molecule has 1 atom stereocenters. The first-order valence-corrected chi connectivity index (χ1v) is 7.30. The van der Waals surface area contributed by atoms with Crippen LogP contribution in [0.5, 0.6) is 0 Å². The molecule has 0 bridgehead atoms. The van der Waals surface area contributed by atoms with Crippen molar-refractivity contribution >= 4 is 11.9 Å². The Bertz CT molecular complexity index is 649. The number of carbonyl (C=O) groups excluding carboxylic acids is 2. The van der Waals surface area contributed by atoms with Crippen LogP contribution in [0.4, 0.5) is 13.2 Å². The van der Waals surface area contributed by atoms with E-state index in [9.17, 15) is 22.8 Å². The van der Waals surface area contributed by atoms with Crippen molar-refractivity contribution in [1.82, 2.24) is 15.5 Å². The van der Waals surface area contributed by atoms with E-state index in [2.05, 4.69) is 20.3 Å². The number of halogens is 3. The largest absolute Gasteiger partial charge is 0.467 e. The van der Waals surface area contributed by atoms with Gasteiger partial charge in [-0.25, -0.2) is 4.79 Å². The summed E-state index contributed by atoms with van der Waals surface area (Å²) in [5.74, 6) is -1.53. The standard InChI is InChI=1S/C14H16F3N3O3/c1-23-12(22)13(4-5-13)18-11(21)7-2-3-9-8(6-7)10(20-19-9)14(15,16)17/h7H,2-6H2,1H3,(H,18,21)(H,19,20). The van der Waals surface area contributed by atoms with E-state index < -0.39 is 35.2 Å². The summed E-state index contributed by atoms with van der Waals surface area (Å²) >= 11 is 0. The number of fused-ring (bicyclic) bond motifs is 1. The van der Waals surface area contributed by atoms with Crippen molar-refractivity contribution in [2.75, 3.05) is 7.11 Å². The number of amides is 1. The molecule has 23 heavy (non-hydrogen) atoms. The van der Waals surface area contributed by atoms with Gasteiger partial charge in [0.2, 0.25) is 5.91 Å². The number of alkyl halides is 3. The number of aryl methyl sites for hydroxylation is 1. The first-order valence-electron chi connectivity index (χ1n) is 7.30. The summed E-state index contributed by atoms with van der Waals surface area (Å²) in [6.07, 6.45) is -2.88. The summed E-state index contributed by atoms with van der Waals surface area (Å²) in [5.41, 5.74) is -1.48. The number of methoxy groups -OCH3 is 1. The zero-order valence-corrected chi connectivity index (χ0v) is 12.4. The number of nitrogens with one attached hydrogen (secondary N) is 2. The lowest BCUT2D eigenvalue weighted by molar-refractivity contribution is -0.147. The fourth-order valence-corrected chi connectivity index (χ4v) is 2.99. The molecule has 0 aromatic carbocycles. The maximum absolute atomic E-state index is 12.9. The highest BCUT2D eigenvalue weighted by atomic mass is 19.4. The van der Waals surface area contributed by atoms with E-state index in [1.165, 1.54) is 7.11 Å². The number of aromatic amines is 1. The van der Waals surface area contributed by atoms with Gasteiger partial charge < -0.3 is 10.1 Å². The van der Waals surface area contributed by atoms with Crippen LogP contribution in [0.25, 0.3) is 0 Å². The van der Waals surface area contributed by atoms with Gasteiger partial charge in [-0.3, -0.25) is 9.89 Å². The van der Waals surface area contributed by atoms with Crippen LogP contribution < -0.4 is 5.32 Å². The van der Waals surface area contributed by atoms with E-state index in [-0.39, 0.29) is 12.0 Å². The van der Waals surface area contributed by atoms with Crippen molar-refractivity contribution in [1.29, 1.82) is 0 Å². The Hall–Kier alpha value is -2.06. The minimum Gasteiger partial charge on any atom is -0.467 e. The molecule has 1 amide bonds. The van der Waals surface area contributed by atoms with Gasteiger partial charge in [-0.05, 0) is 32.1 Å². The van der Waals surface area contributed by atoms with E-state index in [0.29, 0.717) is 31.4 Å². The van der Waals surface area contributed by atoms with Crippen LogP contribution in [0.15, 0.2) is 0 Å². The highest BCUT2D eigenvalue weighted by molar-refractivity contribution is 5.91. The Morgan fingerprint density at radius 1 is 1.39 bits per heavy atom. The Morgan fingerprint density at radius 2 is 2.09 bits per heavy atom. The molecule has 2 N–H and O–H groups in total. The lowest BCUT2D eigenvalue weighted by atomic mass is 9.85. The number of rotatable bonds is 3. The van der Waals surface area contributed by atoms with Crippen molar-refractivity contribution in [3.8, 4) is 0 Å². The van der Waals surface area contributed by atoms with E-state index in [4.69, 9.17) is 0 Å². The van der Waals surface area contributed by atoms with Gasteiger partial charge in [-0.1, -0.05) is 0 Å². The SMILES string of the molecule is COC(=O)C1(NC(=O)C2CCc3[nH]nc(C(F)(F)F)c3C2)CC1. The predicted octanol–water partition coefficient (Wildman–Crippen LogP) is 1.36. The fourth-order valence-electron chi connectivity index (χ4n) is 2.99. The van der Waals surface area contributed by atoms with Crippen molar-refractivity contribution in [2.24, 2.45) is 5.92 Å². The zero-order valence-electron chi connectivity index (χ0n) is 12.4. The van der Waals surface area contributed by atoms with Crippen LogP contribution >= 0.6 is 0 Å². The van der Waals surface area contributed by atoms with E-state index in [0.717, 1.165) is 0 Å². The Morgan fingerprint density at radius 3 is 2.65 bits per heavy atom. The number of nitrogens with zero attached hydrogens (tertiary/aromatic N) is 1. The van der Waals surface area contributed by atoms with Gasteiger partial charge in [0.15, 0.2) is 5.69 Å². The van der Waals surface area contributed by atoms with Crippen LogP contribution in [0.2, 0.25) is 0 Å². The topological polar surface area (TPSA) is 84.1 Å². The number of esters is 1. The summed E-state index contributed by atoms with van der Waals surface area (Å²) in [5, 5.41) is 8.38. The lowest BCUT2D eigenvalue weighted by Crippen LogP contribution is -2.47. The molecule has 3 rings (SSSR count). The second-order valence-corrected chi connectivity index (χ2v) is 6.03. The number of hydrogen-bond donors (Lipinski definition) is 2. The molecule has 1 fully saturated rings. The van der Waals surface area contributed by atoms with Gasteiger partial charge in [-0.2, -0.15) is 18.3 Å². The molecule has 126 valence electrons. The Labute approximate surface area is 129 Å². The van der Waals surface area contributed by atoms with Gasteiger partial charge in [0.05, 0.1) is 7.11 Å². The van der Waals surface area contributed by atoms with Gasteiger partial charge in [0, 0.05) is 17.2 Å². The maximum Gasteiger partial charge on any atom is 0.435 e. The molecule has 0 saturated heterocycles. The van der Waals surface area contributed by atoms with E-state index in [1.807, 2.05) is 0 Å². The fraction of sp³-hybridized carbons (Fsp3) is 0.643.